The molecule has 0 saturated carbocycles. The van der Waals surface area contributed by atoms with Gasteiger partial charge in [-0.1, -0.05) is 60.7 Å². The number of allylic oxidation sites excluding steroid dienone is 1. The van der Waals surface area contributed by atoms with Crippen LogP contribution in [0.25, 0.3) is 0 Å². The fourth-order valence-corrected chi connectivity index (χ4v) is 3.53. The maximum atomic E-state index is 13.5. The van der Waals surface area contributed by atoms with Crippen molar-refractivity contribution in [3.63, 3.8) is 0 Å². The van der Waals surface area contributed by atoms with E-state index in [-0.39, 0.29) is 22.8 Å². The van der Waals surface area contributed by atoms with E-state index >= 15 is 0 Å². The van der Waals surface area contributed by atoms with Gasteiger partial charge in [0, 0.05) is 5.56 Å². The lowest BCUT2D eigenvalue weighted by atomic mass is 9.80. The average molecular weight is 402 g/mol. The van der Waals surface area contributed by atoms with Gasteiger partial charge in [-0.3, -0.25) is 9.59 Å². The van der Waals surface area contributed by atoms with Crippen molar-refractivity contribution in [1.29, 1.82) is 0 Å². The van der Waals surface area contributed by atoms with Gasteiger partial charge in [0.2, 0.25) is 11.6 Å². The van der Waals surface area contributed by atoms with Gasteiger partial charge in [0.25, 0.3) is 5.56 Å². The Morgan fingerprint density at radius 2 is 1.67 bits per heavy atom. The third-order valence-corrected chi connectivity index (χ3v) is 4.84. The number of nitrogens with one attached hydrogen (secondary N) is 1. The Morgan fingerprint density at radius 1 is 1.03 bits per heavy atom. The number of methoxy groups -OCH3 is 1. The quantitative estimate of drug-likeness (QED) is 0.532. The zero-order chi connectivity index (χ0) is 21.3. The minimum absolute atomic E-state index is 0.0184. The molecule has 4 rings (SSSR count). The number of benzene rings is 2. The number of H-pyrrole nitrogens is 1. The van der Waals surface area contributed by atoms with Crippen LogP contribution in [0.3, 0.4) is 0 Å². The first-order valence-corrected chi connectivity index (χ1v) is 9.27. The van der Waals surface area contributed by atoms with Crippen LogP contribution in [-0.2, 0) is 9.53 Å². The van der Waals surface area contributed by atoms with E-state index < -0.39 is 23.2 Å². The summed E-state index contributed by atoms with van der Waals surface area (Å²) in [7, 11) is 1.20. The van der Waals surface area contributed by atoms with E-state index in [0.29, 0.717) is 17.0 Å². The maximum Gasteiger partial charge on any atom is 0.374 e. The number of hydrogen-bond acceptors (Lipinski definition) is 6. The molecule has 2 aromatic carbocycles. The molecule has 1 aliphatic heterocycles. The molecule has 7 heteroatoms. The largest absolute Gasteiger partial charge is 0.463 e. The normalized spacial score (nSPS) is 15.2. The standard InChI is InChI=1S/C23H18N2O5/c1-13-24-21(27)18-16(14-9-5-3-6-10-14)17(19(26)15-11-7-4-8-12-15)20(23(28)29-2)30-22(18)25-13/h3-12,16H,1-2H3,(H,24,25,27)/t16-/m1/s1. The third-order valence-electron chi connectivity index (χ3n) is 4.84. The molecule has 0 amide bonds. The first-order valence-electron chi connectivity index (χ1n) is 9.27. The zero-order valence-electron chi connectivity index (χ0n) is 16.3. The van der Waals surface area contributed by atoms with Gasteiger partial charge < -0.3 is 14.5 Å². The van der Waals surface area contributed by atoms with E-state index in [1.54, 1.807) is 61.5 Å². The molecule has 150 valence electrons. The Hall–Kier alpha value is -4.00. The Morgan fingerprint density at radius 3 is 2.30 bits per heavy atom. The number of carbonyl (C=O) groups is 2. The van der Waals surface area contributed by atoms with Gasteiger partial charge >= 0.3 is 5.97 Å². The van der Waals surface area contributed by atoms with Gasteiger partial charge in [0.1, 0.15) is 5.82 Å². The molecule has 30 heavy (non-hydrogen) atoms. The number of hydrogen-bond donors (Lipinski definition) is 1. The average Bonchev–Trinajstić information content (AvgIpc) is 2.77. The lowest BCUT2D eigenvalue weighted by Crippen LogP contribution is -2.32. The summed E-state index contributed by atoms with van der Waals surface area (Å²) in [5.74, 6) is -2.07. The molecule has 0 spiro atoms. The summed E-state index contributed by atoms with van der Waals surface area (Å²) in [4.78, 5) is 45.9. The summed E-state index contributed by atoms with van der Waals surface area (Å²) in [5, 5.41) is 0. The van der Waals surface area contributed by atoms with Crippen LogP contribution in [0, 0.1) is 6.92 Å². The van der Waals surface area contributed by atoms with Crippen LogP contribution in [0.2, 0.25) is 0 Å². The monoisotopic (exact) mass is 402 g/mol. The number of nitrogens with zero attached hydrogens (tertiary/aromatic N) is 1. The smallest absolute Gasteiger partial charge is 0.374 e. The second-order valence-corrected chi connectivity index (χ2v) is 6.75. The SMILES string of the molecule is COC(=O)C1=C(C(=O)c2ccccc2)[C@@H](c2ccccc2)c2c(nc(C)[nH]c2=O)O1. The summed E-state index contributed by atoms with van der Waals surface area (Å²) < 4.78 is 10.6. The molecule has 3 aromatic rings. The molecule has 1 N–H and O–H groups in total. The van der Waals surface area contributed by atoms with Crippen LogP contribution >= 0.6 is 0 Å². The van der Waals surface area contributed by atoms with Gasteiger partial charge in [0.05, 0.1) is 24.2 Å². The van der Waals surface area contributed by atoms with Crippen molar-refractivity contribution >= 4 is 11.8 Å². The van der Waals surface area contributed by atoms with Crippen LogP contribution in [-0.4, -0.2) is 28.8 Å². The maximum absolute atomic E-state index is 13.5. The molecule has 0 aliphatic carbocycles. The second-order valence-electron chi connectivity index (χ2n) is 6.75. The topological polar surface area (TPSA) is 98.4 Å². The van der Waals surface area contributed by atoms with Crippen LogP contribution < -0.4 is 10.3 Å². The Labute approximate surface area is 172 Å². The first kappa shape index (κ1) is 19.3. The number of ether oxygens (including phenoxy) is 2. The van der Waals surface area contributed by atoms with E-state index in [1.807, 2.05) is 6.07 Å². The molecule has 1 aliphatic rings. The number of ketones is 1. The van der Waals surface area contributed by atoms with Crippen molar-refractivity contribution in [2.45, 2.75) is 12.8 Å². The van der Waals surface area contributed by atoms with Crippen LogP contribution in [0.5, 0.6) is 5.88 Å². The number of carbonyl (C=O) groups excluding carboxylic acids is 2. The third kappa shape index (κ3) is 3.30. The minimum Gasteiger partial charge on any atom is -0.463 e. The molecular formula is C23H18N2O5. The molecule has 1 atom stereocenters. The molecule has 1 aromatic heterocycles. The Bertz CT molecular complexity index is 1210. The van der Waals surface area contributed by atoms with Crippen molar-refractivity contribution in [2.75, 3.05) is 7.11 Å². The molecule has 0 radical (unpaired) electrons. The molecule has 0 saturated heterocycles. The van der Waals surface area contributed by atoms with Gasteiger partial charge in [-0.25, -0.2) is 4.79 Å². The predicted molar refractivity (Wildman–Crippen MR) is 108 cm³/mol. The van der Waals surface area contributed by atoms with E-state index in [4.69, 9.17) is 9.47 Å². The molecule has 7 nitrogen and oxygen atoms in total. The van der Waals surface area contributed by atoms with Crippen molar-refractivity contribution in [3.05, 3.63) is 105 Å². The summed E-state index contributed by atoms with van der Waals surface area (Å²) >= 11 is 0. The highest BCUT2D eigenvalue weighted by Gasteiger charge is 2.41. The van der Waals surface area contributed by atoms with E-state index in [2.05, 4.69) is 9.97 Å². The molecular weight excluding hydrogens is 384 g/mol. The highest BCUT2D eigenvalue weighted by molar-refractivity contribution is 6.14. The number of aromatic amines is 1. The fraction of sp³-hybridized carbons (Fsp3) is 0.130. The van der Waals surface area contributed by atoms with Crippen LogP contribution in [0.1, 0.15) is 33.2 Å². The summed E-state index contributed by atoms with van der Waals surface area (Å²) in [6.45, 7) is 1.61. The fourth-order valence-electron chi connectivity index (χ4n) is 3.53. The van der Waals surface area contributed by atoms with Crippen LogP contribution in [0.4, 0.5) is 0 Å². The van der Waals surface area contributed by atoms with Gasteiger partial charge in [-0.2, -0.15) is 4.98 Å². The van der Waals surface area contributed by atoms with Gasteiger partial charge in [-0.15, -0.1) is 0 Å². The van der Waals surface area contributed by atoms with E-state index in [1.165, 1.54) is 7.11 Å². The summed E-state index contributed by atoms with van der Waals surface area (Å²) in [5.41, 5.74) is 0.771. The zero-order valence-corrected chi connectivity index (χ0v) is 16.3. The lowest BCUT2D eigenvalue weighted by Gasteiger charge is -2.28. The van der Waals surface area contributed by atoms with Gasteiger partial charge in [-0.05, 0) is 12.5 Å². The number of aryl methyl sites for hydroxylation is 1. The van der Waals surface area contributed by atoms with Crippen molar-refractivity contribution < 1.29 is 19.1 Å². The van der Waals surface area contributed by atoms with E-state index in [9.17, 15) is 14.4 Å². The number of Topliss-reactive ketones (excluding diaryl/α,β-unsaturated/α-hetero) is 1. The summed E-state index contributed by atoms with van der Waals surface area (Å²) in [6.07, 6.45) is 0. The van der Waals surface area contributed by atoms with E-state index in [0.717, 1.165) is 0 Å². The number of esters is 1. The van der Waals surface area contributed by atoms with Crippen LogP contribution in [0.15, 0.2) is 76.8 Å². The lowest BCUT2D eigenvalue weighted by molar-refractivity contribution is -0.138. The van der Waals surface area contributed by atoms with Crippen molar-refractivity contribution in [3.8, 4) is 5.88 Å². The molecule has 0 bridgehead atoms. The summed E-state index contributed by atoms with van der Waals surface area (Å²) in [6, 6.07) is 17.5. The Kier molecular flexibility index (Phi) is 5.02. The minimum atomic E-state index is -0.853. The van der Waals surface area contributed by atoms with Crippen molar-refractivity contribution in [1.82, 2.24) is 9.97 Å². The number of fused-ring (bicyclic) bond motifs is 1. The Balaban J connectivity index is 2.04. The second kappa shape index (κ2) is 7.79. The van der Waals surface area contributed by atoms with Gasteiger partial charge in [0.15, 0.2) is 5.78 Å². The number of rotatable bonds is 4. The van der Waals surface area contributed by atoms with Crippen molar-refractivity contribution in [2.24, 2.45) is 0 Å². The molecule has 0 fully saturated rings. The molecule has 2 heterocycles. The molecule has 0 unspecified atom stereocenters. The number of aromatic nitrogens is 2. The predicted octanol–water partition coefficient (Wildman–Crippen LogP) is 2.91. The highest BCUT2D eigenvalue weighted by Crippen LogP contribution is 2.42. The first-order chi connectivity index (χ1) is 14.5. The highest BCUT2D eigenvalue weighted by atomic mass is 16.6.